The highest BCUT2D eigenvalue weighted by molar-refractivity contribution is 9.10. The fraction of sp³-hybridized carbons (Fsp3) is 0.105. The first-order valence-corrected chi connectivity index (χ1v) is 8.65. The van der Waals surface area contributed by atoms with Gasteiger partial charge in [-0.15, -0.1) is 0 Å². The summed E-state index contributed by atoms with van der Waals surface area (Å²) in [6.07, 6.45) is 0.784. The zero-order valence-electron chi connectivity index (χ0n) is 14.0. The Kier molecular flexibility index (Phi) is 5.48. The minimum atomic E-state index is -0.635. The van der Waals surface area contributed by atoms with E-state index < -0.39 is 6.09 Å². The molecule has 0 saturated carbocycles. The van der Waals surface area contributed by atoms with Crippen molar-refractivity contribution in [2.24, 2.45) is 0 Å². The molecule has 0 bridgehead atoms. The number of rotatable bonds is 4. The van der Waals surface area contributed by atoms with Gasteiger partial charge in [0, 0.05) is 7.05 Å². The molecule has 1 aromatic heterocycles. The number of ether oxygens (including phenoxy) is 1. The highest BCUT2D eigenvalue weighted by Crippen LogP contribution is 2.20. The van der Waals surface area contributed by atoms with E-state index in [0.717, 1.165) is 5.56 Å². The van der Waals surface area contributed by atoms with Crippen LogP contribution in [0.25, 0.3) is 0 Å². The number of para-hydroxylation sites is 1. The van der Waals surface area contributed by atoms with Crippen molar-refractivity contribution in [3.63, 3.8) is 0 Å². The van der Waals surface area contributed by atoms with Crippen LogP contribution in [-0.4, -0.2) is 22.7 Å². The fourth-order valence-corrected chi connectivity index (χ4v) is 2.92. The summed E-state index contributed by atoms with van der Waals surface area (Å²) < 4.78 is 6.94. The molecule has 3 aromatic rings. The van der Waals surface area contributed by atoms with Crippen LogP contribution in [0.3, 0.4) is 0 Å². The number of benzene rings is 2. The summed E-state index contributed by atoms with van der Waals surface area (Å²) in [6.45, 7) is 0.393. The number of anilines is 1. The van der Waals surface area contributed by atoms with E-state index in [1.54, 1.807) is 24.3 Å². The van der Waals surface area contributed by atoms with Crippen LogP contribution in [0.2, 0.25) is 0 Å². The SMILES string of the molecule is CN(C(=O)Oc1ccccc1)c1ncn(Cc2ccccc2)c(=O)c1Br. The van der Waals surface area contributed by atoms with Crippen molar-refractivity contribution in [2.75, 3.05) is 11.9 Å². The second-order valence-corrected chi connectivity index (χ2v) is 6.33. The zero-order valence-corrected chi connectivity index (χ0v) is 15.6. The lowest BCUT2D eigenvalue weighted by Crippen LogP contribution is -2.33. The maximum atomic E-state index is 12.6. The van der Waals surface area contributed by atoms with Crippen LogP contribution in [0.5, 0.6) is 5.75 Å². The van der Waals surface area contributed by atoms with E-state index in [2.05, 4.69) is 20.9 Å². The van der Waals surface area contributed by atoms with E-state index in [-0.39, 0.29) is 15.8 Å². The molecule has 0 unspecified atom stereocenters. The van der Waals surface area contributed by atoms with Crippen LogP contribution in [0.15, 0.2) is 76.3 Å². The number of carbonyl (C=O) groups excluding carboxylic acids is 1. The van der Waals surface area contributed by atoms with Gasteiger partial charge in [0.25, 0.3) is 5.56 Å². The number of amides is 1. The Hall–Kier alpha value is -2.93. The Balaban J connectivity index is 1.81. The molecule has 0 fully saturated rings. The molecule has 0 N–H and O–H groups in total. The third kappa shape index (κ3) is 4.00. The Morgan fingerprint density at radius 1 is 1.12 bits per heavy atom. The third-order valence-electron chi connectivity index (χ3n) is 3.70. The molecule has 1 heterocycles. The van der Waals surface area contributed by atoms with Crippen LogP contribution in [0.1, 0.15) is 5.56 Å². The van der Waals surface area contributed by atoms with Gasteiger partial charge in [-0.2, -0.15) is 0 Å². The molecule has 0 saturated heterocycles. The molecule has 0 atom stereocenters. The second kappa shape index (κ2) is 7.97. The Morgan fingerprint density at radius 2 is 1.73 bits per heavy atom. The summed E-state index contributed by atoms with van der Waals surface area (Å²) in [5.74, 6) is 0.609. The van der Waals surface area contributed by atoms with Crippen LogP contribution in [0, 0.1) is 0 Å². The van der Waals surface area contributed by atoms with Gasteiger partial charge >= 0.3 is 6.09 Å². The molecule has 0 aliphatic heterocycles. The molecule has 0 radical (unpaired) electrons. The van der Waals surface area contributed by atoms with Gasteiger partial charge < -0.3 is 4.74 Å². The first-order chi connectivity index (χ1) is 12.6. The standard InChI is InChI=1S/C19H16BrN3O3/c1-22(19(25)26-15-10-6-3-7-11-15)17-16(20)18(24)23(13-21-17)12-14-8-4-2-5-9-14/h2-11,13H,12H2,1H3. The first kappa shape index (κ1) is 17.9. The van der Waals surface area contributed by atoms with Gasteiger partial charge in [-0.25, -0.2) is 9.78 Å². The van der Waals surface area contributed by atoms with E-state index in [4.69, 9.17) is 4.74 Å². The fourth-order valence-electron chi connectivity index (χ4n) is 2.33. The van der Waals surface area contributed by atoms with E-state index in [1.807, 2.05) is 36.4 Å². The van der Waals surface area contributed by atoms with Gasteiger partial charge in [0.1, 0.15) is 16.5 Å². The van der Waals surface area contributed by atoms with Crippen molar-refractivity contribution in [1.29, 1.82) is 0 Å². The molecule has 0 aliphatic carbocycles. The van der Waals surface area contributed by atoms with Gasteiger partial charge in [-0.1, -0.05) is 48.5 Å². The van der Waals surface area contributed by atoms with Crippen LogP contribution >= 0.6 is 15.9 Å². The second-order valence-electron chi connectivity index (χ2n) is 5.54. The third-order valence-corrected chi connectivity index (χ3v) is 4.39. The molecule has 3 rings (SSSR count). The molecule has 1 amide bonds. The lowest BCUT2D eigenvalue weighted by atomic mass is 10.2. The molecule has 6 nitrogen and oxygen atoms in total. The first-order valence-electron chi connectivity index (χ1n) is 7.85. The monoisotopic (exact) mass is 413 g/mol. The molecule has 132 valence electrons. The van der Waals surface area contributed by atoms with Gasteiger partial charge in [0.05, 0.1) is 6.54 Å². The smallest absolute Gasteiger partial charge is 0.410 e. The molecule has 2 aromatic carbocycles. The normalized spacial score (nSPS) is 10.4. The molecule has 0 spiro atoms. The average Bonchev–Trinajstić information content (AvgIpc) is 2.67. The van der Waals surface area contributed by atoms with Crippen molar-refractivity contribution in [3.05, 3.63) is 87.4 Å². The van der Waals surface area contributed by atoms with Gasteiger partial charge in [-0.3, -0.25) is 14.3 Å². The minimum absolute atomic E-state index is 0.195. The average molecular weight is 414 g/mol. The minimum Gasteiger partial charge on any atom is -0.410 e. The largest absolute Gasteiger partial charge is 0.420 e. The Morgan fingerprint density at radius 3 is 2.38 bits per heavy atom. The summed E-state index contributed by atoms with van der Waals surface area (Å²) in [6, 6.07) is 18.3. The summed E-state index contributed by atoms with van der Waals surface area (Å²) in [4.78, 5) is 30.3. The molecule has 26 heavy (non-hydrogen) atoms. The summed E-state index contributed by atoms with van der Waals surface area (Å²) in [5.41, 5.74) is 0.700. The summed E-state index contributed by atoms with van der Waals surface area (Å²) >= 11 is 3.25. The predicted octanol–water partition coefficient (Wildman–Crippen LogP) is 3.69. The number of hydrogen-bond acceptors (Lipinski definition) is 4. The number of hydrogen-bond donors (Lipinski definition) is 0. The molecular formula is C19H16BrN3O3. The van der Waals surface area contributed by atoms with Crippen molar-refractivity contribution < 1.29 is 9.53 Å². The van der Waals surface area contributed by atoms with Crippen LogP contribution in [0.4, 0.5) is 10.6 Å². The van der Waals surface area contributed by atoms with Crippen molar-refractivity contribution in [1.82, 2.24) is 9.55 Å². The summed E-state index contributed by atoms with van der Waals surface area (Å²) in [7, 11) is 1.50. The maximum absolute atomic E-state index is 12.6. The highest BCUT2D eigenvalue weighted by Gasteiger charge is 2.20. The van der Waals surface area contributed by atoms with Gasteiger partial charge in [0.2, 0.25) is 0 Å². The number of carbonyl (C=O) groups is 1. The molecule has 0 aliphatic rings. The Labute approximate surface area is 158 Å². The number of nitrogens with zero attached hydrogens (tertiary/aromatic N) is 3. The van der Waals surface area contributed by atoms with Crippen LogP contribution in [-0.2, 0) is 6.54 Å². The molecule has 7 heteroatoms. The van der Waals surface area contributed by atoms with Crippen molar-refractivity contribution in [3.8, 4) is 5.75 Å². The lowest BCUT2D eigenvalue weighted by molar-refractivity contribution is 0.209. The Bertz CT molecular complexity index is 959. The predicted molar refractivity (Wildman–Crippen MR) is 103 cm³/mol. The van der Waals surface area contributed by atoms with Crippen molar-refractivity contribution in [2.45, 2.75) is 6.54 Å². The van der Waals surface area contributed by atoms with E-state index in [1.165, 1.54) is 22.8 Å². The number of aromatic nitrogens is 2. The van der Waals surface area contributed by atoms with E-state index in [9.17, 15) is 9.59 Å². The quantitative estimate of drug-likeness (QED) is 0.654. The zero-order chi connectivity index (χ0) is 18.5. The van der Waals surface area contributed by atoms with E-state index in [0.29, 0.717) is 12.3 Å². The van der Waals surface area contributed by atoms with E-state index >= 15 is 0 Å². The van der Waals surface area contributed by atoms with Crippen molar-refractivity contribution >= 4 is 27.8 Å². The molecular weight excluding hydrogens is 398 g/mol. The highest BCUT2D eigenvalue weighted by atomic mass is 79.9. The topological polar surface area (TPSA) is 64.4 Å². The number of halogens is 1. The van der Waals surface area contributed by atoms with Crippen LogP contribution < -0.4 is 15.2 Å². The van der Waals surface area contributed by atoms with Gasteiger partial charge in [0.15, 0.2) is 5.82 Å². The maximum Gasteiger partial charge on any atom is 0.420 e. The van der Waals surface area contributed by atoms with Gasteiger partial charge in [-0.05, 0) is 33.6 Å². The summed E-state index contributed by atoms with van der Waals surface area (Å²) in [5, 5.41) is 0. The lowest BCUT2D eigenvalue weighted by Gasteiger charge is -2.17.